The molecular formula is C13H9Cl2FN2S. The lowest BCUT2D eigenvalue weighted by Gasteiger charge is -2.06. The van der Waals surface area contributed by atoms with E-state index >= 15 is 0 Å². The van der Waals surface area contributed by atoms with Crippen molar-refractivity contribution in [3.05, 3.63) is 51.2 Å². The van der Waals surface area contributed by atoms with Crippen LogP contribution in [0.1, 0.15) is 11.4 Å². The highest BCUT2D eigenvalue weighted by Crippen LogP contribution is 2.25. The maximum absolute atomic E-state index is 13.6. The van der Waals surface area contributed by atoms with Crippen LogP contribution in [0.4, 0.5) is 4.39 Å². The van der Waals surface area contributed by atoms with E-state index in [2.05, 4.69) is 10.4 Å². The van der Waals surface area contributed by atoms with Crippen molar-refractivity contribution in [3.63, 3.8) is 0 Å². The van der Waals surface area contributed by atoms with Gasteiger partial charge < -0.3 is 4.57 Å². The Bertz CT molecular complexity index is 722. The fraction of sp³-hybridized carbons (Fsp3) is 0.154. The average molecular weight is 315 g/mol. The average Bonchev–Trinajstić information content (AvgIpc) is 3.00. The van der Waals surface area contributed by atoms with Crippen LogP contribution in [0.15, 0.2) is 29.0 Å². The third kappa shape index (κ3) is 2.36. The van der Waals surface area contributed by atoms with Gasteiger partial charge >= 0.3 is 0 Å². The van der Waals surface area contributed by atoms with E-state index in [1.165, 1.54) is 12.1 Å². The van der Waals surface area contributed by atoms with E-state index in [-0.39, 0.29) is 10.9 Å². The Hall–Kier alpha value is -1.10. The number of benzene rings is 1. The normalized spacial score (nSPS) is 11.3. The minimum Gasteiger partial charge on any atom is -0.322 e. The summed E-state index contributed by atoms with van der Waals surface area (Å²) in [5, 5.41) is 4.14. The summed E-state index contributed by atoms with van der Waals surface area (Å²) in [7, 11) is 0. The second-order valence-electron chi connectivity index (χ2n) is 4.13. The number of nitrogens with zero attached hydrogens (tertiary/aromatic N) is 2. The van der Waals surface area contributed by atoms with Crippen LogP contribution in [0.25, 0.3) is 11.0 Å². The van der Waals surface area contributed by atoms with Crippen LogP contribution in [0.2, 0.25) is 5.02 Å². The molecule has 3 rings (SSSR count). The fourth-order valence-corrected chi connectivity index (χ4v) is 3.04. The summed E-state index contributed by atoms with van der Waals surface area (Å²) in [5.41, 5.74) is 2.52. The maximum Gasteiger partial charge on any atom is 0.144 e. The Morgan fingerprint density at radius 2 is 2.21 bits per heavy atom. The number of imidazole rings is 1. The summed E-state index contributed by atoms with van der Waals surface area (Å²) in [6.07, 6.45) is 0. The molecular weight excluding hydrogens is 306 g/mol. The molecule has 3 aromatic rings. The third-order valence-corrected chi connectivity index (χ3v) is 4.17. The van der Waals surface area contributed by atoms with Crippen molar-refractivity contribution in [3.8, 4) is 0 Å². The van der Waals surface area contributed by atoms with E-state index in [0.29, 0.717) is 23.4 Å². The number of rotatable bonds is 3. The van der Waals surface area contributed by atoms with Gasteiger partial charge in [0.2, 0.25) is 0 Å². The van der Waals surface area contributed by atoms with Crippen molar-refractivity contribution in [1.29, 1.82) is 0 Å². The van der Waals surface area contributed by atoms with Crippen LogP contribution < -0.4 is 0 Å². The molecule has 0 atom stereocenters. The molecule has 0 unspecified atom stereocenters. The Kier molecular flexibility index (Phi) is 3.48. The van der Waals surface area contributed by atoms with E-state index < -0.39 is 5.82 Å². The SMILES string of the molecule is Fc1cc2c(cc1Cl)nc(CCl)n2Cc1ccsc1. The Morgan fingerprint density at radius 1 is 1.37 bits per heavy atom. The van der Waals surface area contributed by atoms with Gasteiger partial charge in [0.15, 0.2) is 0 Å². The quantitative estimate of drug-likeness (QED) is 0.642. The van der Waals surface area contributed by atoms with Crippen molar-refractivity contribution in [2.75, 3.05) is 0 Å². The number of hydrogen-bond donors (Lipinski definition) is 0. The molecule has 0 saturated heterocycles. The molecule has 0 aliphatic rings. The van der Waals surface area contributed by atoms with Gasteiger partial charge in [-0.3, -0.25) is 0 Å². The van der Waals surface area contributed by atoms with E-state index in [0.717, 1.165) is 5.56 Å². The van der Waals surface area contributed by atoms with Gasteiger partial charge in [-0.2, -0.15) is 11.3 Å². The Morgan fingerprint density at radius 3 is 2.89 bits per heavy atom. The minimum absolute atomic E-state index is 0.0776. The summed E-state index contributed by atoms with van der Waals surface area (Å²) in [5.74, 6) is 0.546. The molecule has 0 bridgehead atoms. The molecule has 2 heterocycles. The van der Waals surface area contributed by atoms with Gasteiger partial charge in [0, 0.05) is 6.07 Å². The lowest BCUT2D eigenvalue weighted by Crippen LogP contribution is -2.03. The van der Waals surface area contributed by atoms with Crippen LogP contribution in [-0.4, -0.2) is 9.55 Å². The van der Waals surface area contributed by atoms with Crippen molar-refractivity contribution in [2.45, 2.75) is 12.4 Å². The molecule has 2 aromatic heterocycles. The molecule has 6 heteroatoms. The van der Waals surface area contributed by atoms with E-state index in [1.54, 1.807) is 11.3 Å². The maximum atomic E-state index is 13.6. The smallest absolute Gasteiger partial charge is 0.144 e. The highest BCUT2D eigenvalue weighted by molar-refractivity contribution is 7.07. The number of aromatic nitrogens is 2. The second-order valence-corrected chi connectivity index (χ2v) is 5.59. The van der Waals surface area contributed by atoms with Gasteiger partial charge in [-0.05, 0) is 28.5 Å². The number of fused-ring (bicyclic) bond motifs is 1. The van der Waals surface area contributed by atoms with Crippen molar-refractivity contribution in [2.24, 2.45) is 0 Å². The zero-order valence-electron chi connectivity index (χ0n) is 9.74. The van der Waals surface area contributed by atoms with Gasteiger partial charge in [-0.25, -0.2) is 9.37 Å². The van der Waals surface area contributed by atoms with Gasteiger partial charge in [0.05, 0.1) is 28.5 Å². The summed E-state index contributed by atoms with van der Waals surface area (Å²) in [6, 6.07) is 4.97. The van der Waals surface area contributed by atoms with E-state index in [1.807, 2.05) is 16.0 Å². The molecule has 0 radical (unpaired) electrons. The van der Waals surface area contributed by atoms with Crippen LogP contribution in [-0.2, 0) is 12.4 Å². The summed E-state index contributed by atoms with van der Waals surface area (Å²) in [6.45, 7) is 0.628. The summed E-state index contributed by atoms with van der Waals surface area (Å²) in [4.78, 5) is 4.40. The van der Waals surface area contributed by atoms with Crippen molar-refractivity contribution < 1.29 is 4.39 Å². The zero-order valence-corrected chi connectivity index (χ0v) is 12.1. The largest absolute Gasteiger partial charge is 0.322 e. The Labute approximate surface area is 123 Å². The van der Waals surface area contributed by atoms with Crippen LogP contribution in [0.3, 0.4) is 0 Å². The summed E-state index contributed by atoms with van der Waals surface area (Å²) >= 11 is 13.3. The lowest BCUT2D eigenvalue weighted by molar-refractivity contribution is 0.628. The number of thiophene rings is 1. The minimum atomic E-state index is -0.443. The topological polar surface area (TPSA) is 17.8 Å². The zero-order chi connectivity index (χ0) is 13.4. The van der Waals surface area contributed by atoms with E-state index in [4.69, 9.17) is 23.2 Å². The molecule has 0 N–H and O–H groups in total. The number of alkyl halides is 1. The van der Waals surface area contributed by atoms with Crippen molar-refractivity contribution >= 4 is 45.6 Å². The fourth-order valence-electron chi connectivity index (χ4n) is 2.01. The van der Waals surface area contributed by atoms with E-state index in [9.17, 15) is 4.39 Å². The molecule has 19 heavy (non-hydrogen) atoms. The van der Waals surface area contributed by atoms with Gasteiger partial charge in [0.25, 0.3) is 0 Å². The molecule has 0 fully saturated rings. The first-order valence-corrected chi connectivity index (χ1v) is 7.46. The molecule has 0 aliphatic heterocycles. The van der Waals surface area contributed by atoms with Crippen LogP contribution in [0.5, 0.6) is 0 Å². The van der Waals surface area contributed by atoms with Crippen LogP contribution in [0, 0.1) is 5.82 Å². The highest BCUT2D eigenvalue weighted by Gasteiger charge is 2.13. The van der Waals surface area contributed by atoms with Crippen molar-refractivity contribution in [1.82, 2.24) is 9.55 Å². The first-order chi connectivity index (χ1) is 9.19. The first-order valence-electron chi connectivity index (χ1n) is 5.60. The molecule has 0 saturated carbocycles. The second kappa shape index (κ2) is 5.12. The molecule has 0 aliphatic carbocycles. The van der Waals surface area contributed by atoms with Crippen LogP contribution >= 0.6 is 34.5 Å². The van der Waals surface area contributed by atoms with Gasteiger partial charge in [-0.15, -0.1) is 11.6 Å². The predicted octanol–water partition coefficient (Wildman–Crippen LogP) is 4.68. The van der Waals surface area contributed by atoms with Gasteiger partial charge in [-0.1, -0.05) is 11.6 Å². The highest BCUT2D eigenvalue weighted by atomic mass is 35.5. The first kappa shape index (κ1) is 12.9. The molecule has 1 aromatic carbocycles. The standard InChI is InChI=1S/C13H9Cl2FN2S/c14-5-13-17-11-3-9(15)10(16)4-12(11)18(13)6-8-1-2-19-7-8/h1-4,7H,5-6H2. The summed E-state index contributed by atoms with van der Waals surface area (Å²) < 4.78 is 15.5. The molecule has 0 amide bonds. The lowest BCUT2D eigenvalue weighted by atomic mass is 10.3. The predicted molar refractivity (Wildman–Crippen MR) is 77.7 cm³/mol. The molecule has 0 spiro atoms. The molecule has 98 valence electrons. The monoisotopic (exact) mass is 314 g/mol. The third-order valence-electron chi connectivity index (χ3n) is 2.91. The van der Waals surface area contributed by atoms with Gasteiger partial charge in [0.1, 0.15) is 11.6 Å². The number of hydrogen-bond acceptors (Lipinski definition) is 2. The molecule has 2 nitrogen and oxygen atoms in total. The number of halogens is 3. The Balaban J connectivity index is 2.17.